The van der Waals surface area contributed by atoms with Crippen LogP contribution in [0.1, 0.15) is 40.3 Å². The first-order chi connectivity index (χ1) is 15.9. The molecular weight excluding hydrogens is 422 g/mol. The van der Waals surface area contributed by atoms with Crippen molar-refractivity contribution in [1.82, 2.24) is 24.6 Å². The van der Waals surface area contributed by atoms with Gasteiger partial charge >= 0.3 is 5.69 Å². The monoisotopic (exact) mass is 449 g/mol. The number of carbonyl (C=O) groups is 2. The molecule has 2 aromatic carbocycles. The van der Waals surface area contributed by atoms with E-state index in [1.807, 2.05) is 62.4 Å². The lowest BCUT2D eigenvalue weighted by atomic mass is 10.1. The number of benzene rings is 2. The minimum atomic E-state index is -0.458. The lowest BCUT2D eigenvalue weighted by Crippen LogP contribution is -2.42. The molecule has 33 heavy (non-hydrogen) atoms. The van der Waals surface area contributed by atoms with Crippen molar-refractivity contribution in [1.29, 1.82) is 0 Å². The number of aromatic nitrogens is 3. The number of nitrogens with zero attached hydrogens (tertiary/aromatic N) is 4. The molecule has 1 atom stereocenters. The molecule has 0 saturated heterocycles. The second-order valence-electron chi connectivity index (χ2n) is 8.19. The molecule has 0 unspecified atom stereocenters. The minimum Gasteiger partial charge on any atom is -0.497 e. The van der Waals surface area contributed by atoms with Gasteiger partial charge in [-0.15, -0.1) is 5.10 Å². The molecule has 0 saturated carbocycles. The van der Waals surface area contributed by atoms with Gasteiger partial charge in [-0.2, -0.15) is 0 Å². The molecule has 3 aromatic rings. The first-order valence-corrected chi connectivity index (χ1v) is 10.8. The van der Waals surface area contributed by atoms with Crippen LogP contribution in [0.15, 0.2) is 53.3 Å². The van der Waals surface area contributed by atoms with Gasteiger partial charge in [-0.05, 0) is 37.1 Å². The molecule has 9 nitrogen and oxygen atoms in total. The molecule has 0 aliphatic carbocycles. The maximum absolute atomic E-state index is 13.0. The van der Waals surface area contributed by atoms with Crippen LogP contribution in [0, 0.1) is 6.92 Å². The van der Waals surface area contributed by atoms with E-state index < -0.39 is 5.69 Å². The van der Waals surface area contributed by atoms with Gasteiger partial charge in [0.2, 0.25) is 11.7 Å². The summed E-state index contributed by atoms with van der Waals surface area (Å²) in [7, 11) is 1.59. The third kappa shape index (κ3) is 4.82. The number of methoxy groups -OCH3 is 1. The van der Waals surface area contributed by atoms with E-state index in [-0.39, 0.29) is 30.2 Å². The number of amides is 2. The van der Waals surface area contributed by atoms with Crippen LogP contribution in [0.5, 0.6) is 5.75 Å². The van der Waals surface area contributed by atoms with Crippen LogP contribution in [0.25, 0.3) is 0 Å². The van der Waals surface area contributed by atoms with Gasteiger partial charge in [-0.1, -0.05) is 42.0 Å². The van der Waals surface area contributed by atoms with Crippen molar-refractivity contribution in [3.05, 3.63) is 81.5 Å². The maximum Gasteiger partial charge on any atom is 0.346 e. The first kappa shape index (κ1) is 22.3. The standard InChI is InChI=1S/C24H27N5O4/c1-16-5-4-6-18(13-16)14-27-11-12-28-22(23(27)31)26-29(24(28)32)15-21(30)25-17(2)19-7-9-20(33-3)10-8-19/h4-10,13,17H,11-12,14-15H2,1-3H3,(H,25,30)/t17-/m0/s1. The van der Waals surface area contributed by atoms with Gasteiger partial charge < -0.3 is 15.0 Å². The smallest absolute Gasteiger partial charge is 0.346 e. The highest BCUT2D eigenvalue weighted by Crippen LogP contribution is 2.17. The van der Waals surface area contributed by atoms with Crippen LogP contribution in [0.4, 0.5) is 0 Å². The maximum atomic E-state index is 13.0. The summed E-state index contributed by atoms with van der Waals surface area (Å²) in [6.07, 6.45) is 0. The summed E-state index contributed by atoms with van der Waals surface area (Å²) in [6.45, 7) is 4.79. The van der Waals surface area contributed by atoms with Crippen LogP contribution < -0.4 is 15.7 Å². The zero-order valence-electron chi connectivity index (χ0n) is 18.9. The minimum absolute atomic E-state index is 0.0647. The van der Waals surface area contributed by atoms with Gasteiger partial charge in [-0.3, -0.25) is 14.2 Å². The van der Waals surface area contributed by atoms with Crippen molar-refractivity contribution in [2.24, 2.45) is 0 Å². The Morgan fingerprint density at radius 2 is 1.91 bits per heavy atom. The first-order valence-electron chi connectivity index (χ1n) is 10.8. The normalized spacial score (nSPS) is 14.0. The number of hydrogen-bond acceptors (Lipinski definition) is 5. The molecular formula is C24H27N5O4. The topological polar surface area (TPSA) is 98.5 Å². The largest absolute Gasteiger partial charge is 0.497 e. The Kier molecular flexibility index (Phi) is 6.30. The average molecular weight is 450 g/mol. The van der Waals surface area contributed by atoms with E-state index in [2.05, 4.69) is 10.4 Å². The third-order valence-electron chi connectivity index (χ3n) is 5.74. The van der Waals surface area contributed by atoms with Crippen LogP contribution in [-0.4, -0.2) is 44.7 Å². The summed E-state index contributed by atoms with van der Waals surface area (Å²) < 4.78 is 7.55. The summed E-state index contributed by atoms with van der Waals surface area (Å²) in [5, 5.41) is 7.05. The van der Waals surface area contributed by atoms with Gasteiger partial charge in [0, 0.05) is 19.6 Å². The zero-order valence-corrected chi connectivity index (χ0v) is 18.9. The Hall–Kier alpha value is -3.88. The number of nitrogens with one attached hydrogen (secondary N) is 1. The van der Waals surface area contributed by atoms with E-state index in [9.17, 15) is 14.4 Å². The summed E-state index contributed by atoms with van der Waals surface area (Å²) >= 11 is 0. The Morgan fingerprint density at radius 3 is 2.61 bits per heavy atom. The third-order valence-corrected chi connectivity index (χ3v) is 5.74. The number of ether oxygens (including phenoxy) is 1. The highest BCUT2D eigenvalue weighted by atomic mass is 16.5. The predicted octanol–water partition coefficient (Wildman–Crippen LogP) is 1.90. The molecule has 4 rings (SSSR count). The fourth-order valence-corrected chi connectivity index (χ4v) is 3.95. The van der Waals surface area contributed by atoms with Gasteiger partial charge in [-0.25, -0.2) is 9.48 Å². The van der Waals surface area contributed by atoms with E-state index in [1.54, 1.807) is 12.0 Å². The fourth-order valence-electron chi connectivity index (χ4n) is 3.95. The van der Waals surface area contributed by atoms with Crippen molar-refractivity contribution < 1.29 is 14.3 Å². The predicted molar refractivity (Wildman–Crippen MR) is 122 cm³/mol. The van der Waals surface area contributed by atoms with Crippen LogP contribution in [-0.2, 0) is 24.4 Å². The second kappa shape index (κ2) is 9.32. The Bertz CT molecular complexity index is 1230. The number of aryl methyl sites for hydroxylation is 1. The zero-order chi connectivity index (χ0) is 23.5. The summed E-state index contributed by atoms with van der Waals surface area (Å²) in [6, 6.07) is 15.1. The molecule has 1 aromatic heterocycles. The quantitative estimate of drug-likeness (QED) is 0.594. The van der Waals surface area contributed by atoms with Gasteiger partial charge in [0.1, 0.15) is 12.3 Å². The van der Waals surface area contributed by atoms with Crippen molar-refractivity contribution in [3.63, 3.8) is 0 Å². The molecule has 2 heterocycles. The van der Waals surface area contributed by atoms with Crippen LogP contribution in [0.3, 0.4) is 0 Å². The molecule has 1 aliphatic heterocycles. The summed E-state index contributed by atoms with van der Waals surface area (Å²) in [4.78, 5) is 39.9. The number of rotatable bonds is 7. The molecule has 0 fully saturated rings. The fraction of sp³-hybridized carbons (Fsp3) is 0.333. The summed E-state index contributed by atoms with van der Waals surface area (Å²) in [5.74, 6) is 0.119. The molecule has 172 valence electrons. The van der Waals surface area contributed by atoms with Crippen molar-refractivity contribution >= 4 is 11.8 Å². The second-order valence-corrected chi connectivity index (χ2v) is 8.19. The van der Waals surface area contributed by atoms with Gasteiger partial charge in [0.25, 0.3) is 5.91 Å². The van der Waals surface area contributed by atoms with Gasteiger partial charge in [0.15, 0.2) is 0 Å². The molecule has 1 N–H and O–H groups in total. The Labute approximate surface area is 191 Å². The highest BCUT2D eigenvalue weighted by molar-refractivity contribution is 5.91. The van der Waals surface area contributed by atoms with Gasteiger partial charge in [0.05, 0.1) is 13.2 Å². The Morgan fingerprint density at radius 1 is 1.15 bits per heavy atom. The molecule has 1 aliphatic rings. The van der Waals surface area contributed by atoms with Crippen molar-refractivity contribution in [2.45, 2.75) is 39.5 Å². The van der Waals surface area contributed by atoms with E-state index in [0.717, 1.165) is 27.1 Å². The molecule has 0 radical (unpaired) electrons. The van der Waals surface area contributed by atoms with Crippen molar-refractivity contribution in [2.75, 3.05) is 13.7 Å². The Balaban J connectivity index is 1.43. The molecule has 9 heteroatoms. The van der Waals surface area contributed by atoms with Crippen molar-refractivity contribution in [3.8, 4) is 5.75 Å². The number of carbonyl (C=O) groups excluding carboxylic acids is 2. The molecule has 0 spiro atoms. The lowest BCUT2D eigenvalue weighted by Gasteiger charge is -2.26. The average Bonchev–Trinajstić information content (AvgIpc) is 3.11. The lowest BCUT2D eigenvalue weighted by molar-refractivity contribution is -0.122. The van der Waals surface area contributed by atoms with E-state index in [4.69, 9.17) is 4.74 Å². The van der Waals surface area contributed by atoms with Crippen LogP contribution >= 0.6 is 0 Å². The number of fused-ring (bicyclic) bond motifs is 1. The van der Waals surface area contributed by atoms with E-state index in [1.165, 1.54) is 4.57 Å². The summed E-state index contributed by atoms with van der Waals surface area (Å²) in [5.41, 5.74) is 2.59. The van der Waals surface area contributed by atoms with Crippen LogP contribution in [0.2, 0.25) is 0 Å². The van der Waals surface area contributed by atoms with E-state index in [0.29, 0.717) is 19.6 Å². The van der Waals surface area contributed by atoms with E-state index >= 15 is 0 Å². The number of hydrogen-bond donors (Lipinski definition) is 1. The SMILES string of the molecule is COc1ccc([C@H](C)NC(=O)Cn2nc3n(c2=O)CCN(Cc2cccc(C)c2)C3=O)cc1. The highest BCUT2D eigenvalue weighted by Gasteiger charge is 2.30. The molecule has 0 bridgehead atoms. The molecule has 2 amide bonds.